The number of nitrogens with one attached hydrogen (secondary N) is 1. The first-order chi connectivity index (χ1) is 16.1. The molecule has 2 amide bonds. The molecule has 0 unspecified atom stereocenters. The normalized spacial score (nSPS) is 12.8. The number of hydrogen-bond acceptors (Lipinski definition) is 4. The van der Waals surface area contributed by atoms with Gasteiger partial charge in [0.25, 0.3) is 0 Å². The molecule has 0 radical (unpaired) electrons. The molecule has 0 fully saturated rings. The molecular formula is C26H36FN3O4S. The highest BCUT2D eigenvalue weighted by molar-refractivity contribution is 7.92. The smallest absolute Gasteiger partial charge is 0.244 e. The predicted molar refractivity (Wildman–Crippen MR) is 137 cm³/mol. The molecule has 1 atom stereocenters. The van der Waals surface area contributed by atoms with Crippen LogP contribution in [0.4, 0.5) is 10.1 Å². The van der Waals surface area contributed by atoms with Crippen LogP contribution in [0.1, 0.15) is 58.6 Å². The maximum atomic E-state index is 14.4. The summed E-state index contributed by atoms with van der Waals surface area (Å²) in [5.74, 6) is -1.30. The van der Waals surface area contributed by atoms with Crippen LogP contribution in [0.25, 0.3) is 0 Å². The summed E-state index contributed by atoms with van der Waals surface area (Å²) in [5, 5.41) is 2.83. The molecule has 0 bridgehead atoms. The molecule has 2 aromatic rings. The summed E-state index contributed by atoms with van der Waals surface area (Å²) in [4.78, 5) is 27.6. The van der Waals surface area contributed by atoms with Gasteiger partial charge in [-0.25, -0.2) is 12.8 Å². The van der Waals surface area contributed by atoms with Crippen molar-refractivity contribution in [2.75, 3.05) is 17.1 Å². The van der Waals surface area contributed by atoms with E-state index in [0.29, 0.717) is 5.69 Å². The second-order valence-corrected chi connectivity index (χ2v) is 12.0. The highest BCUT2D eigenvalue weighted by Crippen LogP contribution is 2.23. The minimum atomic E-state index is -3.82. The summed E-state index contributed by atoms with van der Waals surface area (Å²) in [6, 6.07) is 12.0. The van der Waals surface area contributed by atoms with Crippen molar-refractivity contribution in [3.63, 3.8) is 0 Å². The third kappa shape index (κ3) is 8.06. The van der Waals surface area contributed by atoms with Gasteiger partial charge in [-0.3, -0.25) is 13.9 Å². The maximum Gasteiger partial charge on any atom is 0.244 e. The zero-order valence-corrected chi connectivity index (χ0v) is 22.3. The molecular weight excluding hydrogens is 469 g/mol. The topological polar surface area (TPSA) is 86.8 Å². The largest absolute Gasteiger partial charge is 0.350 e. The Labute approximate surface area is 208 Å². The molecule has 2 aromatic carbocycles. The molecule has 0 aliphatic carbocycles. The van der Waals surface area contributed by atoms with Crippen LogP contribution in [-0.2, 0) is 26.2 Å². The summed E-state index contributed by atoms with van der Waals surface area (Å²) in [7, 11) is -3.82. The van der Waals surface area contributed by atoms with Gasteiger partial charge in [0.2, 0.25) is 21.8 Å². The predicted octanol–water partition coefficient (Wildman–Crippen LogP) is 4.05. The lowest BCUT2D eigenvalue weighted by Crippen LogP contribution is -2.54. The Kier molecular flexibility index (Phi) is 9.06. The van der Waals surface area contributed by atoms with Gasteiger partial charge in [0.05, 0.1) is 11.9 Å². The molecule has 0 saturated heterocycles. The number of hydrogen-bond donors (Lipinski definition) is 1. The first kappa shape index (κ1) is 28.3. The Bertz CT molecular complexity index is 1140. The van der Waals surface area contributed by atoms with E-state index in [1.807, 2.05) is 46.8 Å². The number of carbonyl (C=O) groups is 2. The molecule has 0 spiro atoms. The number of rotatable bonds is 9. The van der Waals surface area contributed by atoms with E-state index >= 15 is 0 Å². The first-order valence-electron chi connectivity index (χ1n) is 11.5. The minimum absolute atomic E-state index is 0.186. The molecule has 0 aliphatic rings. The highest BCUT2D eigenvalue weighted by atomic mass is 32.2. The van der Waals surface area contributed by atoms with Gasteiger partial charge < -0.3 is 10.2 Å². The van der Waals surface area contributed by atoms with E-state index in [1.54, 1.807) is 25.1 Å². The van der Waals surface area contributed by atoms with Crippen molar-refractivity contribution >= 4 is 27.5 Å². The number of halogens is 1. The molecule has 0 aliphatic heterocycles. The van der Waals surface area contributed by atoms with Gasteiger partial charge in [0.15, 0.2) is 0 Å². The number of carbonyl (C=O) groups excluding carboxylic acids is 2. The van der Waals surface area contributed by atoms with E-state index in [4.69, 9.17) is 0 Å². The Hall–Kier alpha value is -2.94. The molecule has 9 heteroatoms. The van der Waals surface area contributed by atoms with Crippen molar-refractivity contribution in [1.82, 2.24) is 10.2 Å². The van der Waals surface area contributed by atoms with Gasteiger partial charge in [0.1, 0.15) is 18.4 Å². The van der Waals surface area contributed by atoms with Gasteiger partial charge in [-0.1, -0.05) is 44.2 Å². The quantitative estimate of drug-likeness (QED) is 0.557. The second kappa shape index (κ2) is 11.2. The van der Waals surface area contributed by atoms with Gasteiger partial charge in [0, 0.05) is 17.6 Å². The average Bonchev–Trinajstić information content (AvgIpc) is 2.74. The number of benzene rings is 2. The monoisotopic (exact) mass is 505 g/mol. The molecule has 0 saturated carbocycles. The van der Waals surface area contributed by atoms with E-state index in [-0.39, 0.29) is 18.0 Å². The van der Waals surface area contributed by atoms with Crippen LogP contribution < -0.4 is 9.62 Å². The lowest BCUT2D eigenvalue weighted by atomic mass is 10.0. The summed E-state index contributed by atoms with van der Waals surface area (Å²) in [6.45, 7) is 10.3. The van der Waals surface area contributed by atoms with E-state index in [0.717, 1.165) is 16.1 Å². The van der Waals surface area contributed by atoms with Gasteiger partial charge in [-0.15, -0.1) is 0 Å². The number of sulfonamides is 1. The first-order valence-corrected chi connectivity index (χ1v) is 13.4. The summed E-state index contributed by atoms with van der Waals surface area (Å²) in [6.07, 6.45) is 1.02. The van der Waals surface area contributed by atoms with Gasteiger partial charge >= 0.3 is 0 Å². The van der Waals surface area contributed by atoms with Crippen molar-refractivity contribution in [1.29, 1.82) is 0 Å². The SMILES string of the molecule is CC(C)c1ccc(N(CC(=O)N(Cc2ccccc2F)[C@H](C)C(=O)NC(C)(C)C)S(C)(=O)=O)cc1. The Balaban J connectivity index is 2.42. The van der Waals surface area contributed by atoms with Crippen LogP contribution in [0.2, 0.25) is 0 Å². The minimum Gasteiger partial charge on any atom is -0.350 e. The van der Waals surface area contributed by atoms with E-state index < -0.39 is 45.8 Å². The molecule has 1 N–H and O–H groups in total. The molecule has 2 rings (SSSR count). The van der Waals surface area contributed by atoms with Crippen molar-refractivity contribution < 1.29 is 22.4 Å². The van der Waals surface area contributed by atoms with Gasteiger partial charge in [-0.2, -0.15) is 0 Å². The zero-order chi connectivity index (χ0) is 26.6. The lowest BCUT2D eigenvalue weighted by Gasteiger charge is -2.33. The van der Waals surface area contributed by atoms with E-state index in [9.17, 15) is 22.4 Å². The number of nitrogens with zero attached hydrogens (tertiary/aromatic N) is 2. The van der Waals surface area contributed by atoms with E-state index in [2.05, 4.69) is 5.32 Å². The Morgan fingerprint density at radius 3 is 2.06 bits per heavy atom. The third-order valence-electron chi connectivity index (χ3n) is 5.49. The van der Waals surface area contributed by atoms with Crippen molar-refractivity contribution in [3.8, 4) is 0 Å². The summed E-state index contributed by atoms with van der Waals surface area (Å²) in [5.41, 5.74) is 1.04. The fourth-order valence-corrected chi connectivity index (χ4v) is 4.36. The second-order valence-electron chi connectivity index (χ2n) is 10.0. The van der Waals surface area contributed by atoms with E-state index in [1.165, 1.54) is 23.1 Å². The van der Waals surface area contributed by atoms with Crippen LogP contribution in [0, 0.1) is 5.82 Å². The van der Waals surface area contributed by atoms with Crippen molar-refractivity contribution in [3.05, 3.63) is 65.5 Å². The van der Waals surface area contributed by atoms with Crippen molar-refractivity contribution in [2.24, 2.45) is 0 Å². The fraction of sp³-hybridized carbons (Fsp3) is 0.462. The van der Waals surface area contributed by atoms with Crippen molar-refractivity contribution in [2.45, 2.75) is 65.6 Å². The third-order valence-corrected chi connectivity index (χ3v) is 6.63. The van der Waals surface area contributed by atoms with Gasteiger partial charge in [-0.05, 0) is 57.4 Å². The fourth-order valence-electron chi connectivity index (χ4n) is 3.51. The summed E-state index contributed by atoms with van der Waals surface area (Å²) >= 11 is 0. The molecule has 0 aromatic heterocycles. The van der Waals surface area contributed by atoms with Crippen LogP contribution in [0.3, 0.4) is 0 Å². The highest BCUT2D eigenvalue weighted by Gasteiger charge is 2.31. The Morgan fingerprint density at radius 2 is 1.57 bits per heavy atom. The lowest BCUT2D eigenvalue weighted by molar-refractivity contribution is -0.140. The van der Waals surface area contributed by atoms with Crippen LogP contribution in [-0.4, -0.2) is 49.5 Å². The molecule has 0 heterocycles. The molecule has 7 nitrogen and oxygen atoms in total. The van der Waals surface area contributed by atoms with Crippen LogP contribution in [0.5, 0.6) is 0 Å². The molecule has 192 valence electrons. The summed E-state index contributed by atoms with van der Waals surface area (Å²) < 4.78 is 40.7. The standard InChI is InChI=1S/C26H36FN3O4S/c1-18(2)20-12-14-22(15-13-20)30(35(7,33)34)17-24(31)29(16-21-10-8-9-11-23(21)27)19(3)25(32)28-26(4,5)6/h8-15,18-19H,16-17H2,1-7H3,(H,28,32)/t19-/m1/s1. The van der Waals surface area contributed by atoms with Crippen LogP contribution in [0.15, 0.2) is 48.5 Å². The number of anilines is 1. The van der Waals surface area contributed by atoms with Crippen LogP contribution >= 0.6 is 0 Å². The average molecular weight is 506 g/mol. The zero-order valence-electron chi connectivity index (χ0n) is 21.5. The maximum absolute atomic E-state index is 14.4. The number of amides is 2. The Morgan fingerprint density at radius 1 is 1.00 bits per heavy atom. The molecule has 35 heavy (non-hydrogen) atoms.